The van der Waals surface area contributed by atoms with Gasteiger partial charge in [0.15, 0.2) is 0 Å². The summed E-state index contributed by atoms with van der Waals surface area (Å²) in [7, 11) is 1.71. The van der Waals surface area contributed by atoms with Gasteiger partial charge in [-0.2, -0.15) is 0 Å². The molecule has 5 nitrogen and oxygen atoms in total. The second-order valence-electron chi connectivity index (χ2n) is 9.45. The van der Waals surface area contributed by atoms with Crippen molar-refractivity contribution in [1.29, 1.82) is 0 Å². The Labute approximate surface area is 202 Å². The molecule has 2 aliphatic rings. The van der Waals surface area contributed by atoms with Crippen LogP contribution in [0.4, 0.5) is 4.79 Å². The molecule has 2 unspecified atom stereocenters. The van der Waals surface area contributed by atoms with Crippen molar-refractivity contribution in [2.24, 2.45) is 5.92 Å². The zero-order valence-corrected chi connectivity index (χ0v) is 19.8. The first-order chi connectivity index (χ1) is 16.7. The molecule has 2 atom stereocenters. The third-order valence-corrected chi connectivity index (χ3v) is 7.24. The van der Waals surface area contributed by atoms with E-state index in [4.69, 9.17) is 4.74 Å². The minimum absolute atomic E-state index is 0.0169. The second kappa shape index (κ2) is 10.3. The van der Waals surface area contributed by atoms with Crippen molar-refractivity contribution in [3.8, 4) is 5.75 Å². The number of fused-ring (bicyclic) bond motifs is 1. The maximum atomic E-state index is 13.1. The minimum atomic E-state index is 0.0169. The number of likely N-dealkylation sites (tertiary alicyclic amines) is 1. The van der Waals surface area contributed by atoms with Crippen molar-refractivity contribution in [2.45, 2.75) is 25.4 Å². The largest absolute Gasteiger partial charge is 0.497 e. The first-order valence-electron chi connectivity index (χ1n) is 12.2. The van der Waals surface area contributed by atoms with Crippen LogP contribution >= 0.6 is 0 Å². The maximum absolute atomic E-state index is 13.1. The van der Waals surface area contributed by atoms with Gasteiger partial charge in [-0.3, -0.25) is 4.90 Å². The van der Waals surface area contributed by atoms with Crippen LogP contribution in [0.5, 0.6) is 5.75 Å². The van der Waals surface area contributed by atoms with Gasteiger partial charge in [-0.05, 0) is 46.7 Å². The highest BCUT2D eigenvalue weighted by Gasteiger charge is 2.37. The highest BCUT2D eigenvalue weighted by atomic mass is 16.5. The fraction of sp³-hybridized carbons (Fsp3) is 0.345. The standard InChI is InChI=1S/C29H33N3O2/c1-34-27-13-7-12-24(16-27)28-21-32(29(33)30-17-22-8-3-2-4-9-22)20-26(28)19-31-15-14-23-10-5-6-11-25(23)18-31/h2-13,16,26,28H,14-15,17-21H2,1H3,(H,30,33). The number of benzene rings is 3. The molecule has 1 saturated heterocycles. The zero-order valence-electron chi connectivity index (χ0n) is 19.8. The number of rotatable bonds is 6. The Balaban J connectivity index is 1.30. The van der Waals surface area contributed by atoms with Gasteiger partial charge in [-0.25, -0.2) is 4.79 Å². The van der Waals surface area contributed by atoms with Crippen LogP contribution in [0, 0.1) is 5.92 Å². The summed E-state index contributed by atoms with van der Waals surface area (Å²) in [5, 5.41) is 3.12. The molecule has 0 aliphatic carbocycles. The molecule has 0 saturated carbocycles. The van der Waals surface area contributed by atoms with Crippen molar-refractivity contribution in [3.63, 3.8) is 0 Å². The summed E-state index contributed by atoms with van der Waals surface area (Å²) < 4.78 is 5.50. The molecule has 1 N–H and O–H groups in total. The number of nitrogens with one attached hydrogen (secondary N) is 1. The zero-order chi connectivity index (χ0) is 23.3. The van der Waals surface area contributed by atoms with Gasteiger partial charge in [-0.15, -0.1) is 0 Å². The third kappa shape index (κ3) is 5.10. The fourth-order valence-electron chi connectivity index (χ4n) is 5.40. The van der Waals surface area contributed by atoms with Gasteiger partial charge >= 0.3 is 6.03 Å². The highest BCUT2D eigenvalue weighted by molar-refractivity contribution is 5.74. The minimum Gasteiger partial charge on any atom is -0.497 e. The Morgan fingerprint density at radius 2 is 1.76 bits per heavy atom. The predicted molar refractivity (Wildman–Crippen MR) is 135 cm³/mol. The number of hydrogen-bond donors (Lipinski definition) is 1. The van der Waals surface area contributed by atoms with Crippen LogP contribution in [0.2, 0.25) is 0 Å². The Hall–Kier alpha value is -3.31. The lowest BCUT2D eigenvalue weighted by Gasteiger charge is -2.32. The van der Waals surface area contributed by atoms with Gasteiger partial charge in [0.2, 0.25) is 0 Å². The molecule has 5 rings (SSSR count). The summed E-state index contributed by atoms with van der Waals surface area (Å²) in [5.41, 5.74) is 5.27. The first kappa shape index (κ1) is 22.5. The summed E-state index contributed by atoms with van der Waals surface area (Å²) >= 11 is 0. The monoisotopic (exact) mass is 455 g/mol. The number of ether oxygens (including phenoxy) is 1. The van der Waals surface area contributed by atoms with Crippen LogP contribution in [-0.2, 0) is 19.5 Å². The molecule has 1 fully saturated rings. The molecular weight excluding hydrogens is 422 g/mol. The molecule has 34 heavy (non-hydrogen) atoms. The molecule has 0 spiro atoms. The molecular formula is C29H33N3O2. The van der Waals surface area contributed by atoms with E-state index in [1.807, 2.05) is 41.3 Å². The number of nitrogens with zero attached hydrogens (tertiary/aromatic N) is 2. The lowest BCUT2D eigenvalue weighted by molar-refractivity contribution is 0.194. The molecule has 0 bridgehead atoms. The smallest absolute Gasteiger partial charge is 0.317 e. The van der Waals surface area contributed by atoms with Gasteiger partial charge in [0.25, 0.3) is 0 Å². The predicted octanol–water partition coefficient (Wildman–Crippen LogP) is 4.68. The van der Waals surface area contributed by atoms with Crippen molar-refractivity contribution in [2.75, 3.05) is 33.3 Å². The summed E-state index contributed by atoms with van der Waals surface area (Å²) in [5.74, 6) is 1.53. The van der Waals surface area contributed by atoms with E-state index in [1.165, 1.54) is 16.7 Å². The SMILES string of the molecule is COc1cccc(C2CN(C(=O)NCc3ccccc3)CC2CN2CCc3ccccc3C2)c1. The van der Waals surface area contributed by atoms with Crippen LogP contribution < -0.4 is 10.1 Å². The molecule has 5 heteroatoms. The lowest BCUT2D eigenvalue weighted by Crippen LogP contribution is -2.39. The van der Waals surface area contributed by atoms with Crippen LogP contribution in [0.25, 0.3) is 0 Å². The normalized spacial score (nSPS) is 20.1. The molecule has 0 radical (unpaired) electrons. The molecule has 3 aromatic carbocycles. The van der Waals surface area contributed by atoms with E-state index in [0.29, 0.717) is 12.5 Å². The maximum Gasteiger partial charge on any atom is 0.317 e. The molecule has 0 aromatic heterocycles. The van der Waals surface area contributed by atoms with E-state index in [0.717, 1.165) is 50.5 Å². The van der Waals surface area contributed by atoms with Crippen molar-refractivity contribution in [3.05, 3.63) is 101 Å². The van der Waals surface area contributed by atoms with E-state index >= 15 is 0 Å². The van der Waals surface area contributed by atoms with Gasteiger partial charge in [0.1, 0.15) is 5.75 Å². The van der Waals surface area contributed by atoms with Crippen molar-refractivity contribution >= 4 is 6.03 Å². The summed E-state index contributed by atoms with van der Waals surface area (Å²) in [4.78, 5) is 17.7. The average molecular weight is 456 g/mol. The summed E-state index contributed by atoms with van der Waals surface area (Å²) in [6.07, 6.45) is 1.09. The molecule has 2 heterocycles. The van der Waals surface area contributed by atoms with Gasteiger partial charge in [-0.1, -0.05) is 66.7 Å². The molecule has 2 amide bonds. The summed E-state index contributed by atoms with van der Waals surface area (Å²) in [6, 6.07) is 27.2. The van der Waals surface area contributed by atoms with Crippen LogP contribution in [0.15, 0.2) is 78.9 Å². The van der Waals surface area contributed by atoms with E-state index in [9.17, 15) is 4.79 Å². The third-order valence-electron chi connectivity index (χ3n) is 7.24. The van der Waals surface area contributed by atoms with Gasteiger partial charge in [0.05, 0.1) is 7.11 Å². The average Bonchev–Trinajstić information content (AvgIpc) is 3.31. The quantitative estimate of drug-likeness (QED) is 0.587. The second-order valence-corrected chi connectivity index (χ2v) is 9.45. The highest BCUT2D eigenvalue weighted by Crippen LogP contribution is 2.35. The number of carbonyl (C=O) groups is 1. The van der Waals surface area contributed by atoms with Crippen molar-refractivity contribution < 1.29 is 9.53 Å². The molecule has 3 aromatic rings. The van der Waals surface area contributed by atoms with E-state index < -0.39 is 0 Å². The summed E-state index contributed by atoms with van der Waals surface area (Å²) in [6.45, 7) is 5.08. The number of carbonyl (C=O) groups excluding carboxylic acids is 1. The van der Waals surface area contributed by atoms with Crippen LogP contribution in [-0.4, -0.2) is 49.1 Å². The number of methoxy groups -OCH3 is 1. The van der Waals surface area contributed by atoms with Gasteiger partial charge in [0, 0.05) is 45.2 Å². The first-order valence-corrected chi connectivity index (χ1v) is 12.2. The molecule has 2 aliphatic heterocycles. The van der Waals surface area contributed by atoms with E-state index in [2.05, 4.69) is 52.7 Å². The topological polar surface area (TPSA) is 44.8 Å². The fourth-order valence-corrected chi connectivity index (χ4v) is 5.40. The van der Waals surface area contributed by atoms with Crippen molar-refractivity contribution in [1.82, 2.24) is 15.1 Å². The Bertz CT molecular complexity index is 1120. The van der Waals surface area contributed by atoms with E-state index in [1.54, 1.807) is 7.11 Å². The van der Waals surface area contributed by atoms with Crippen LogP contribution in [0.3, 0.4) is 0 Å². The van der Waals surface area contributed by atoms with Crippen LogP contribution in [0.1, 0.15) is 28.2 Å². The molecule has 176 valence electrons. The van der Waals surface area contributed by atoms with Gasteiger partial charge < -0.3 is 15.0 Å². The Morgan fingerprint density at radius 3 is 2.59 bits per heavy atom. The lowest BCUT2D eigenvalue weighted by atomic mass is 9.87. The number of amides is 2. The Morgan fingerprint density at radius 1 is 0.971 bits per heavy atom. The van der Waals surface area contributed by atoms with E-state index in [-0.39, 0.29) is 11.9 Å². The number of urea groups is 1. The number of hydrogen-bond acceptors (Lipinski definition) is 3. The Kier molecular flexibility index (Phi) is 6.82.